The monoisotopic (exact) mass is 417 g/mol. The molecule has 0 amide bonds. The zero-order valence-electron chi connectivity index (χ0n) is 14.3. The first-order chi connectivity index (χ1) is 12.8. The van der Waals surface area contributed by atoms with Crippen molar-refractivity contribution in [2.75, 3.05) is 44.8 Å². The van der Waals surface area contributed by atoms with Gasteiger partial charge in [0.25, 0.3) is 0 Å². The third-order valence-corrected chi connectivity index (χ3v) is 4.87. The Morgan fingerprint density at radius 1 is 1.15 bits per heavy atom. The van der Waals surface area contributed by atoms with Gasteiger partial charge in [-0.1, -0.05) is 0 Å². The summed E-state index contributed by atoms with van der Waals surface area (Å²) in [5.41, 5.74) is 1.70. The van der Waals surface area contributed by atoms with E-state index in [1.165, 1.54) is 0 Å². The summed E-state index contributed by atoms with van der Waals surface area (Å²) in [6, 6.07) is 7.88. The topological polar surface area (TPSA) is 63.9 Å². The molecule has 0 bridgehead atoms. The predicted molar refractivity (Wildman–Crippen MR) is 103 cm³/mol. The van der Waals surface area contributed by atoms with E-state index < -0.39 is 0 Å². The van der Waals surface area contributed by atoms with Crippen molar-refractivity contribution in [1.29, 1.82) is 0 Å². The molecule has 0 atom stereocenters. The second-order valence-electron chi connectivity index (χ2n) is 6.00. The zero-order chi connectivity index (χ0) is 17.8. The van der Waals surface area contributed by atoms with Gasteiger partial charge in [-0.05, 0) is 40.2 Å². The van der Waals surface area contributed by atoms with Crippen LogP contribution in [0.5, 0.6) is 5.75 Å². The Morgan fingerprint density at radius 2 is 1.96 bits per heavy atom. The predicted octanol–water partition coefficient (Wildman–Crippen LogP) is 2.95. The van der Waals surface area contributed by atoms with Crippen LogP contribution in [0.3, 0.4) is 0 Å². The van der Waals surface area contributed by atoms with Gasteiger partial charge in [-0.25, -0.2) is 9.97 Å². The molecule has 0 aliphatic carbocycles. The van der Waals surface area contributed by atoms with E-state index in [9.17, 15) is 0 Å². The van der Waals surface area contributed by atoms with Gasteiger partial charge in [-0.15, -0.1) is 0 Å². The summed E-state index contributed by atoms with van der Waals surface area (Å²) in [5.74, 6) is 1.57. The summed E-state index contributed by atoms with van der Waals surface area (Å²) in [7, 11) is 0. The molecule has 4 rings (SSSR count). The van der Waals surface area contributed by atoms with Gasteiger partial charge in [0.2, 0.25) is 0 Å². The molecule has 26 heavy (non-hydrogen) atoms. The first kappa shape index (κ1) is 17.3. The number of rotatable bonds is 6. The quantitative estimate of drug-likeness (QED) is 0.664. The van der Waals surface area contributed by atoms with E-state index in [1.54, 1.807) is 12.4 Å². The molecule has 136 valence electrons. The molecule has 0 spiro atoms. The van der Waals surface area contributed by atoms with Gasteiger partial charge in [0.1, 0.15) is 17.0 Å². The Kier molecular flexibility index (Phi) is 5.33. The smallest absolute Gasteiger partial charge is 0.181 e. The molecule has 7 nitrogen and oxygen atoms in total. The number of halogens is 1. The fraction of sp³-hybridized carbons (Fsp3) is 0.333. The summed E-state index contributed by atoms with van der Waals surface area (Å²) in [6.45, 7) is 5.19. The van der Waals surface area contributed by atoms with Gasteiger partial charge < -0.3 is 14.8 Å². The lowest BCUT2D eigenvalue weighted by Gasteiger charge is -2.26. The Bertz CT molecular complexity index is 862. The molecular formula is C18H20BrN5O2. The van der Waals surface area contributed by atoms with E-state index in [-0.39, 0.29) is 0 Å². The molecule has 3 heterocycles. The van der Waals surface area contributed by atoms with E-state index in [4.69, 9.17) is 9.47 Å². The highest BCUT2D eigenvalue weighted by Gasteiger charge is 2.10. The summed E-state index contributed by atoms with van der Waals surface area (Å²) < 4.78 is 14.0. The number of imidazole rings is 1. The fourth-order valence-electron chi connectivity index (χ4n) is 2.87. The van der Waals surface area contributed by atoms with E-state index in [1.807, 2.05) is 34.9 Å². The van der Waals surface area contributed by atoms with Crippen molar-refractivity contribution in [3.05, 3.63) is 47.5 Å². The lowest BCUT2D eigenvalue weighted by Crippen LogP contribution is -2.38. The number of hydrogen-bond acceptors (Lipinski definition) is 6. The Labute approximate surface area is 160 Å². The van der Waals surface area contributed by atoms with Crippen molar-refractivity contribution in [3.63, 3.8) is 0 Å². The second-order valence-corrected chi connectivity index (χ2v) is 6.81. The Morgan fingerprint density at radius 3 is 2.77 bits per heavy atom. The second kappa shape index (κ2) is 8.03. The number of hydrogen-bond donors (Lipinski definition) is 1. The summed E-state index contributed by atoms with van der Waals surface area (Å²) in [5, 5.41) is 3.30. The highest BCUT2D eigenvalue weighted by Crippen LogP contribution is 2.23. The molecule has 1 N–H and O–H groups in total. The van der Waals surface area contributed by atoms with Gasteiger partial charge in [0, 0.05) is 37.7 Å². The molecule has 0 radical (unpaired) electrons. The van der Waals surface area contributed by atoms with Crippen LogP contribution >= 0.6 is 15.9 Å². The van der Waals surface area contributed by atoms with E-state index >= 15 is 0 Å². The minimum atomic E-state index is 0.676. The molecule has 1 saturated heterocycles. The van der Waals surface area contributed by atoms with Crippen LogP contribution in [0, 0.1) is 0 Å². The van der Waals surface area contributed by atoms with Crippen LogP contribution in [-0.2, 0) is 4.74 Å². The molecule has 1 aliphatic heterocycles. The maximum absolute atomic E-state index is 5.84. The average molecular weight is 418 g/mol. The highest BCUT2D eigenvalue weighted by molar-refractivity contribution is 9.10. The molecule has 1 aromatic carbocycles. The molecule has 1 aliphatic rings. The highest BCUT2D eigenvalue weighted by atomic mass is 79.9. The van der Waals surface area contributed by atoms with Crippen LogP contribution in [0.4, 0.5) is 11.5 Å². The molecule has 0 unspecified atom stereocenters. The van der Waals surface area contributed by atoms with Crippen LogP contribution in [-0.4, -0.2) is 58.7 Å². The molecule has 0 saturated carbocycles. The number of nitrogens with zero attached hydrogens (tertiary/aromatic N) is 4. The first-order valence-electron chi connectivity index (χ1n) is 8.57. The van der Waals surface area contributed by atoms with Crippen LogP contribution in [0.2, 0.25) is 0 Å². The summed E-state index contributed by atoms with van der Waals surface area (Å²) in [4.78, 5) is 11.1. The standard InChI is InChI=1S/C18H20BrN5O2/c19-16-13-21-17(18-20-5-6-24(16)18)22-14-1-3-15(4-2-14)26-12-9-23-7-10-25-11-8-23/h1-6,13H,7-12H2,(H,21,22). The normalized spacial score (nSPS) is 15.3. The number of benzene rings is 1. The van der Waals surface area contributed by atoms with Crippen molar-refractivity contribution in [1.82, 2.24) is 19.3 Å². The van der Waals surface area contributed by atoms with Crippen molar-refractivity contribution in [2.45, 2.75) is 0 Å². The largest absolute Gasteiger partial charge is 0.492 e. The molecule has 1 fully saturated rings. The summed E-state index contributed by atoms with van der Waals surface area (Å²) >= 11 is 3.46. The zero-order valence-corrected chi connectivity index (χ0v) is 15.9. The van der Waals surface area contributed by atoms with Gasteiger partial charge in [-0.2, -0.15) is 0 Å². The minimum absolute atomic E-state index is 0.676. The Hall–Kier alpha value is -2.16. The van der Waals surface area contributed by atoms with E-state index in [2.05, 4.69) is 36.1 Å². The third kappa shape index (κ3) is 3.98. The first-order valence-corrected chi connectivity index (χ1v) is 9.36. The van der Waals surface area contributed by atoms with Crippen LogP contribution < -0.4 is 10.1 Å². The van der Waals surface area contributed by atoms with Crippen molar-refractivity contribution >= 4 is 33.1 Å². The molecule has 2 aromatic heterocycles. The molecule has 3 aromatic rings. The number of anilines is 2. The lowest BCUT2D eigenvalue weighted by molar-refractivity contribution is 0.0322. The number of nitrogens with one attached hydrogen (secondary N) is 1. The molecule has 8 heteroatoms. The maximum atomic E-state index is 5.84. The van der Waals surface area contributed by atoms with Crippen molar-refractivity contribution in [2.24, 2.45) is 0 Å². The van der Waals surface area contributed by atoms with E-state index in [0.717, 1.165) is 54.5 Å². The van der Waals surface area contributed by atoms with Crippen LogP contribution in [0.25, 0.3) is 5.65 Å². The lowest BCUT2D eigenvalue weighted by atomic mass is 10.3. The summed E-state index contributed by atoms with van der Waals surface area (Å²) in [6.07, 6.45) is 5.39. The maximum Gasteiger partial charge on any atom is 0.181 e. The number of aromatic nitrogens is 3. The number of morpholine rings is 1. The fourth-order valence-corrected chi connectivity index (χ4v) is 3.25. The van der Waals surface area contributed by atoms with Gasteiger partial charge in [-0.3, -0.25) is 9.30 Å². The van der Waals surface area contributed by atoms with Crippen molar-refractivity contribution < 1.29 is 9.47 Å². The average Bonchev–Trinajstić information content (AvgIpc) is 3.17. The van der Waals surface area contributed by atoms with Crippen molar-refractivity contribution in [3.8, 4) is 5.75 Å². The van der Waals surface area contributed by atoms with Gasteiger partial charge in [0.05, 0.1) is 19.4 Å². The van der Waals surface area contributed by atoms with Crippen LogP contribution in [0.1, 0.15) is 0 Å². The molecular weight excluding hydrogens is 398 g/mol. The van der Waals surface area contributed by atoms with Gasteiger partial charge in [0.15, 0.2) is 11.5 Å². The SMILES string of the molecule is Brc1cnc(Nc2ccc(OCCN3CCOCC3)cc2)c2nccn12. The minimum Gasteiger partial charge on any atom is -0.492 e. The van der Waals surface area contributed by atoms with Crippen LogP contribution in [0.15, 0.2) is 47.5 Å². The Balaban J connectivity index is 1.35. The number of fused-ring (bicyclic) bond motifs is 1. The van der Waals surface area contributed by atoms with E-state index in [0.29, 0.717) is 12.4 Å². The number of ether oxygens (including phenoxy) is 2. The third-order valence-electron chi connectivity index (χ3n) is 4.28. The van der Waals surface area contributed by atoms with Gasteiger partial charge >= 0.3 is 0 Å².